The lowest BCUT2D eigenvalue weighted by Gasteiger charge is -2.19. The summed E-state index contributed by atoms with van der Waals surface area (Å²) in [4.78, 5) is 13.9. The molecule has 110 valence electrons. The summed E-state index contributed by atoms with van der Waals surface area (Å²) < 4.78 is 19.9. The fourth-order valence-electron chi connectivity index (χ4n) is 2.03. The Morgan fingerprint density at radius 3 is 2.62 bits per heavy atom. The minimum Gasteiger partial charge on any atom is -0.496 e. The Bertz CT molecular complexity index is 660. The van der Waals surface area contributed by atoms with E-state index in [2.05, 4.69) is 15.9 Å². The first-order chi connectivity index (χ1) is 10.0. The lowest BCUT2D eigenvalue weighted by Crippen LogP contribution is -2.27. The number of carbonyl (C=O) groups is 1. The zero-order chi connectivity index (χ0) is 15.4. The molecule has 0 aliphatic heterocycles. The van der Waals surface area contributed by atoms with Crippen LogP contribution in [0.1, 0.15) is 15.9 Å². The molecule has 1 amide bonds. The summed E-state index contributed by atoms with van der Waals surface area (Å²) in [6.45, 7) is 0.373. The molecule has 2 aromatic rings. The largest absolute Gasteiger partial charge is 0.496 e. The SMILES string of the molecule is COc1cccc(F)c1C(=O)N(C)Cc1ccccc1Br. The molecule has 0 aliphatic carbocycles. The summed E-state index contributed by atoms with van der Waals surface area (Å²) in [5, 5.41) is 0. The van der Waals surface area contributed by atoms with Gasteiger partial charge in [-0.25, -0.2) is 4.39 Å². The van der Waals surface area contributed by atoms with Crippen LogP contribution in [-0.2, 0) is 6.54 Å². The summed E-state index contributed by atoms with van der Waals surface area (Å²) >= 11 is 3.44. The summed E-state index contributed by atoms with van der Waals surface area (Å²) in [5.74, 6) is -0.766. The number of amides is 1. The molecule has 0 aliphatic rings. The van der Waals surface area contributed by atoms with Gasteiger partial charge in [0.25, 0.3) is 5.91 Å². The zero-order valence-electron chi connectivity index (χ0n) is 11.8. The van der Waals surface area contributed by atoms with Gasteiger partial charge in [-0.2, -0.15) is 0 Å². The Balaban J connectivity index is 2.26. The molecule has 0 unspecified atom stereocenters. The third-order valence-electron chi connectivity index (χ3n) is 3.12. The first-order valence-electron chi connectivity index (χ1n) is 6.36. The van der Waals surface area contributed by atoms with Crippen LogP contribution in [0.4, 0.5) is 4.39 Å². The summed E-state index contributed by atoms with van der Waals surface area (Å²) in [6, 6.07) is 11.9. The third-order valence-corrected chi connectivity index (χ3v) is 3.89. The highest BCUT2D eigenvalue weighted by Gasteiger charge is 2.21. The summed E-state index contributed by atoms with van der Waals surface area (Å²) in [7, 11) is 3.05. The smallest absolute Gasteiger partial charge is 0.260 e. The van der Waals surface area contributed by atoms with Crippen LogP contribution in [0.3, 0.4) is 0 Å². The second-order valence-corrected chi connectivity index (χ2v) is 5.42. The van der Waals surface area contributed by atoms with Gasteiger partial charge in [-0.05, 0) is 23.8 Å². The first-order valence-corrected chi connectivity index (χ1v) is 7.15. The Kier molecular flexibility index (Phi) is 4.96. The Morgan fingerprint density at radius 2 is 1.95 bits per heavy atom. The molecule has 21 heavy (non-hydrogen) atoms. The van der Waals surface area contributed by atoms with Crippen molar-refractivity contribution in [1.29, 1.82) is 0 Å². The van der Waals surface area contributed by atoms with Crippen molar-refractivity contribution in [2.45, 2.75) is 6.54 Å². The first kappa shape index (κ1) is 15.5. The van der Waals surface area contributed by atoms with Crippen LogP contribution < -0.4 is 4.74 Å². The number of halogens is 2. The number of hydrogen-bond acceptors (Lipinski definition) is 2. The second-order valence-electron chi connectivity index (χ2n) is 4.57. The van der Waals surface area contributed by atoms with Crippen molar-refractivity contribution in [3.05, 3.63) is 63.9 Å². The number of ether oxygens (including phenoxy) is 1. The van der Waals surface area contributed by atoms with Crippen LogP contribution in [0.2, 0.25) is 0 Å². The van der Waals surface area contributed by atoms with Gasteiger partial charge < -0.3 is 9.64 Å². The normalized spacial score (nSPS) is 10.3. The minimum atomic E-state index is -0.585. The van der Waals surface area contributed by atoms with E-state index in [1.165, 1.54) is 24.1 Å². The van der Waals surface area contributed by atoms with Gasteiger partial charge in [-0.3, -0.25) is 4.79 Å². The molecule has 0 bridgehead atoms. The predicted octanol–water partition coefficient (Wildman–Crippen LogP) is 3.87. The van der Waals surface area contributed by atoms with Gasteiger partial charge in [0.15, 0.2) is 0 Å². The van der Waals surface area contributed by atoms with E-state index in [-0.39, 0.29) is 11.3 Å². The van der Waals surface area contributed by atoms with E-state index in [4.69, 9.17) is 4.74 Å². The van der Waals surface area contributed by atoms with E-state index < -0.39 is 11.7 Å². The maximum absolute atomic E-state index is 13.9. The summed E-state index contributed by atoms with van der Waals surface area (Å²) in [5.41, 5.74) is 0.901. The monoisotopic (exact) mass is 351 g/mol. The molecular formula is C16H15BrFNO2. The molecule has 0 heterocycles. The number of methoxy groups -OCH3 is 1. The molecule has 0 saturated carbocycles. The number of rotatable bonds is 4. The molecule has 0 aromatic heterocycles. The van der Waals surface area contributed by atoms with Gasteiger partial charge in [0.2, 0.25) is 0 Å². The van der Waals surface area contributed by atoms with Crippen LogP contribution in [0.15, 0.2) is 46.9 Å². The number of benzene rings is 2. The molecule has 3 nitrogen and oxygen atoms in total. The van der Waals surface area contributed by atoms with Crippen LogP contribution in [0, 0.1) is 5.82 Å². The van der Waals surface area contributed by atoms with Crippen molar-refractivity contribution in [2.75, 3.05) is 14.2 Å². The molecular weight excluding hydrogens is 337 g/mol. The maximum atomic E-state index is 13.9. The average Bonchev–Trinajstić information content (AvgIpc) is 2.48. The van der Waals surface area contributed by atoms with Crippen molar-refractivity contribution in [2.24, 2.45) is 0 Å². The van der Waals surface area contributed by atoms with Crippen LogP contribution in [-0.4, -0.2) is 25.0 Å². The fraction of sp³-hybridized carbons (Fsp3) is 0.188. The van der Waals surface area contributed by atoms with Crippen molar-refractivity contribution in [1.82, 2.24) is 4.90 Å². The molecule has 0 atom stereocenters. The van der Waals surface area contributed by atoms with E-state index in [0.29, 0.717) is 6.54 Å². The highest BCUT2D eigenvalue weighted by Crippen LogP contribution is 2.24. The third kappa shape index (κ3) is 3.42. The molecule has 5 heteroatoms. The highest BCUT2D eigenvalue weighted by molar-refractivity contribution is 9.10. The molecule has 0 N–H and O–H groups in total. The topological polar surface area (TPSA) is 29.5 Å². The van der Waals surface area contributed by atoms with Gasteiger partial charge in [0, 0.05) is 18.1 Å². The van der Waals surface area contributed by atoms with Gasteiger partial charge >= 0.3 is 0 Å². The van der Waals surface area contributed by atoms with Crippen molar-refractivity contribution < 1.29 is 13.9 Å². The second kappa shape index (κ2) is 6.72. The number of hydrogen-bond donors (Lipinski definition) is 0. The van der Waals surface area contributed by atoms with Crippen LogP contribution >= 0.6 is 15.9 Å². The van der Waals surface area contributed by atoms with Gasteiger partial charge in [0.1, 0.15) is 17.1 Å². The standard InChI is InChI=1S/C16H15BrFNO2/c1-19(10-11-6-3-4-7-12(11)17)16(20)15-13(18)8-5-9-14(15)21-2/h3-9H,10H2,1-2H3. The molecule has 0 spiro atoms. The van der Waals surface area contributed by atoms with Crippen molar-refractivity contribution in [3.8, 4) is 5.75 Å². The average molecular weight is 352 g/mol. The van der Waals surface area contributed by atoms with Crippen molar-refractivity contribution in [3.63, 3.8) is 0 Å². The molecule has 0 radical (unpaired) electrons. The Hall–Kier alpha value is -1.88. The van der Waals surface area contributed by atoms with Gasteiger partial charge in [0.05, 0.1) is 7.11 Å². The molecule has 2 aromatic carbocycles. The van der Waals surface area contributed by atoms with E-state index in [9.17, 15) is 9.18 Å². The summed E-state index contributed by atoms with van der Waals surface area (Å²) in [6.07, 6.45) is 0. The number of carbonyl (C=O) groups excluding carboxylic acids is 1. The minimum absolute atomic E-state index is 0.0467. The van der Waals surface area contributed by atoms with E-state index in [1.54, 1.807) is 13.1 Å². The van der Waals surface area contributed by atoms with E-state index >= 15 is 0 Å². The fourth-order valence-corrected chi connectivity index (χ4v) is 2.44. The predicted molar refractivity (Wildman–Crippen MR) is 82.9 cm³/mol. The Morgan fingerprint density at radius 1 is 1.24 bits per heavy atom. The Labute approximate surface area is 131 Å². The lowest BCUT2D eigenvalue weighted by atomic mass is 10.1. The maximum Gasteiger partial charge on any atom is 0.260 e. The van der Waals surface area contributed by atoms with E-state index in [1.807, 2.05) is 24.3 Å². The zero-order valence-corrected chi connectivity index (χ0v) is 13.4. The van der Waals surface area contributed by atoms with Gasteiger partial charge in [-0.15, -0.1) is 0 Å². The highest BCUT2D eigenvalue weighted by atomic mass is 79.9. The van der Waals surface area contributed by atoms with Gasteiger partial charge in [-0.1, -0.05) is 40.2 Å². The van der Waals surface area contributed by atoms with Crippen molar-refractivity contribution >= 4 is 21.8 Å². The lowest BCUT2D eigenvalue weighted by molar-refractivity contribution is 0.0776. The molecule has 2 rings (SSSR count). The molecule has 0 fully saturated rings. The molecule has 0 saturated heterocycles. The van der Waals surface area contributed by atoms with Crippen LogP contribution in [0.5, 0.6) is 5.75 Å². The quantitative estimate of drug-likeness (QED) is 0.836. The van der Waals surface area contributed by atoms with E-state index in [0.717, 1.165) is 10.0 Å². The van der Waals surface area contributed by atoms with Crippen LogP contribution in [0.25, 0.3) is 0 Å². The number of nitrogens with zero attached hydrogens (tertiary/aromatic N) is 1.